The van der Waals surface area contributed by atoms with E-state index in [0.29, 0.717) is 18.5 Å². The Hall–Kier alpha value is -1.16. The van der Waals surface area contributed by atoms with Crippen molar-refractivity contribution in [2.24, 2.45) is 0 Å². The average molecular weight is 213 g/mol. The van der Waals surface area contributed by atoms with Gasteiger partial charge in [0.1, 0.15) is 6.73 Å². The monoisotopic (exact) mass is 213 g/mol. The summed E-state index contributed by atoms with van der Waals surface area (Å²) in [7, 11) is 1.59. The summed E-state index contributed by atoms with van der Waals surface area (Å²) < 4.78 is 30.8. The van der Waals surface area contributed by atoms with Crippen LogP contribution in [0.15, 0.2) is 18.2 Å². The molecule has 4 heteroatoms. The molecule has 0 N–H and O–H groups in total. The highest BCUT2D eigenvalue weighted by atomic mass is 19.2. The van der Waals surface area contributed by atoms with Crippen LogP contribution in [0.3, 0.4) is 0 Å². The summed E-state index contributed by atoms with van der Waals surface area (Å²) in [6.07, 6.45) is 2.17. The number of methoxy groups -OCH3 is 1. The van der Waals surface area contributed by atoms with Crippen LogP contribution in [0.25, 0.3) is 0 Å². The Morgan fingerprint density at radius 1 is 1.33 bits per heavy atom. The Balaban J connectivity index is 2.21. The maximum Gasteiger partial charge on any atom is 0.160 e. The number of ether oxygens (including phenoxy) is 1. The number of hydrogen-bond acceptors (Lipinski definition) is 2. The molecule has 1 fully saturated rings. The average Bonchev–Trinajstić information content (AvgIpc) is 3.02. The highest BCUT2D eigenvalue weighted by Crippen LogP contribution is 2.31. The van der Waals surface area contributed by atoms with Crippen molar-refractivity contribution < 1.29 is 13.5 Å². The van der Waals surface area contributed by atoms with Crippen LogP contribution in [0.1, 0.15) is 12.8 Å². The van der Waals surface area contributed by atoms with Gasteiger partial charge in [-0.25, -0.2) is 8.78 Å². The SMILES string of the molecule is COCN(c1ccc(F)c(F)c1)C1CC1. The van der Waals surface area contributed by atoms with Gasteiger partial charge in [0, 0.05) is 24.9 Å². The number of benzene rings is 1. The molecule has 0 radical (unpaired) electrons. The summed E-state index contributed by atoms with van der Waals surface area (Å²) in [4.78, 5) is 1.95. The van der Waals surface area contributed by atoms with Gasteiger partial charge in [-0.2, -0.15) is 0 Å². The molecule has 0 atom stereocenters. The van der Waals surface area contributed by atoms with Gasteiger partial charge in [-0.15, -0.1) is 0 Å². The zero-order valence-electron chi connectivity index (χ0n) is 8.54. The zero-order chi connectivity index (χ0) is 10.8. The van der Waals surface area contributed by atoms with Crippen LogP contribution < -0.4 is 4.90 Å². The molecule has 0 amide bonds. The number of nitrogens with zero attached hydrogens (tertiary/aromatic N) is 1. The van der Waals surface area contributed by atoms with Crippen LogP contribution in [0.5, 0.6) is 0 Å². The molecule has 15 heavy (non-hydrogen) atoms. The van der Waals surface area contributed by atoms with Crippen LogP contribution in [0, 0.1) is 11.6 Å². The van der Waals surface area contributed by atoms with Gasteiger partial charge in [-0.05, 0) is 25.0 Å². The Bertz CT molecular complexity index is 352. The first-order valence-corrected chi connectivity index (χ1v) is 4.93. The summed E-state index contributed by atoms with van der Waals surface area (Å²) in [5.74, 6) is -1.62. The topological polar surface area (TPSA) is 12.5 Å². The maximum atomic E-state index is 13.0. The summed E-state index contributed by atoms with van der Waals surface area (Å²) in [5, 5.41) is 0. The first kappa shape index (κ1) is 10.4. The van der Waals surface area contributed by atoms with Gasteiger partial charge in [0.25, 0.3) is 0 Å². The molecule has 1 aromatic rings. The van der Waals surface area contributed by atoms with Crippen LogP contribution >= 0.6 is 0 Å². The van der Waals surface area contributed by atoms with E-state index in [-0.39, 0.29) is 0 Å². The fourth-order valence-corrected chi connectivity index (χ4v) is 1.58. The number of rotatable bonds is 4. The molecule has 0 spiro atoms. The molecule has 0 unspecified atom stereocenters. The largest absolute Gasteiger partial charge is 0.364 e. The lowest BCUT2D eigenvalue weighted by Crippen LogP contribution is -2.27. The van der Waals surface area contributed by atoms with E-state index in [2.05, 4.69) is 0 Å². The van der Waals surface area contributed by atoms with Crippen LogP contribution in [0.4, 0.5) is 14.5 Å². The third-order valence-corrected chi connectivity index (χ3v) is 2.49. The van der Waals surface area contributed by atoms with Gasteiger partial charge in [-0.3, -0.25) is 0 Å². The smallest absolute Gasteiger partial charge is 0.160 e. The third kappa shape index (κ3) is 2.26. The highest BCUT2D eigenvalue weighted by molar-refractivity contribution is 5.48. The van der Waals surface area contributed by atoms with E-state index in [1.165, 1.54) is 6.07 Å². The van der Waals surface area contributed by atoms with Gasteiger partial charge in [-0.1, -0.05) is 0 Å². The fourth-order valence-electron chi connectivity index (χ4n) is 1.58. The first-order valence-electron chi connectivity index (χ1n) is 4.93. The minimum atomic E-state index is -0.813. The van der Waals surface area contributed by atoms with Crippen molar-refractivity contribution in [1.82, 2.24) is 0 Å². The molecule has 0 aromatic heterocycles. The van der Waals surface area contributed by atoms with Crippen molar-refractivity contribution in [2.45, 2.75) is 18.9 Å². The summed E-state index contributed by atoms with van der Waals surface area (Å²) in [6, 6.07) is 4.35. The van der Waals surface area contributed by atoms with Crippen molar-refractivity contribution in [3.05, 3.63) is 29.8 Å². The lowest BCUT2D eigenvalue weighted by atomic mass is 10.2. The van der Waals surface area contributed by atoms with Gasteiger partial charge in [0.15, 0.2) is 11.6 Å². The van der Waals surface area contributed by atoms with Crippen LogP contribution in [-0.2, 0) is 4.74 Å². The van der Waals surface area contributed by atoms with E-state index in [0.717, 1.165) is 18.9 Å². The maximum absolute atomic E-state index is 13.0. The molecule has 1 aromatic carbocycles. The van der Waals surface area contributed by atoms with Gasteiger partial charge < -0.3 is 9.64 Å². The highest BCUT2D eigenvalue weighted by Gasteiger charge is 2.29. The van der Waals surface area contributed by atoms with Gasteiger partial charge in [0.05, 0.1) is 0 Å². The Kier molecular flexibility index (Phi) is 2.86. The van der Waals surface area contributed by atoms with Crippen molar-refractivity contribution in [1.29, 1.82) is 0 Å². The lowest BCUT2D eigenvalue weighted by molar-refractivity contribution is 0.196. The minimum Gasteiger partial charge on any atom is -0.364 e. The lowest BCUT2D eigenvalue weighted by Gasteiger charge is -2.23. The molecule has 2 nitrogen and oxygen atoms in total. The second-order valence-corrected chi connectivity index (χ2v) is 3.72. The fraction of sp³-hybridized carbons (Fsp3) is 0.455. The Morgan fingerprint density at radius 3 is 2.60 bits per heavy atom. The number of halogens is 2. The minimum absolute atomic E-state index is 0.412. The molecule has 2 rings (SSSR count). The standard InChI is InChI=1S/C11H13F2NO/c1-15-7-14(8-2-3-8)9-4-5-10(12)11(13)6-9/h4-6,8H,2-3,7H2,1H3. The van der Waals surface area contributed by atoms with E-state index < -0.39 is 11.6 Å². The van der Waals surface area contributed by atoms with Crippen molar-refractivity contribution in [3.8, 4) is 0 Å². The third-order valence-electron chi connectivity index (χ3n) is 2.49. The van der Waals surface area contributed by atoms with Crippen molar-refractivity contribution in [3.63, 3.8) is 0 Å². The second-order valence-electron chi connectivity index (χ2n) is 3.72. The second kappa shape index (κ2) is 4.14. The Morgan fingerprint density at radius 2 is 2.07 bits per heavy atom. The molecule has 0 saturated heterocycles. The van der Waals surface area contributed by atoms with Gasteiger partial charge >= 0.3 is 0 Å². The zero-order valence-corrected chi connectivity index (χ0v) is 8.54. The van der Waals surface area contributed by atoms with E-state index in [4.69, 9.17) is 4.74 Å². The van der Waals surface area contributed by atoms with E-state index in [1.54, 1.807) is 13.2 Å². The molecule has 0 bridgehead atoms. The summed E-state index contributed by atoms with van der Waals surface area (Å²) in [6.45, 7) is 0.412. The summed E-state index contributed by atoms with van der Waals surface area (Å²) in [5.41, 5.74) is 0.679. The van der Waals surface area contributed by atoms with E-state index in [1.807, 2.05) is 4.90 Å². The quantitative estimate of drug-likeness (QED) is 0.712. The molecule has 1 saturated carbocycles. The molecule has 0 heterocycles. The van der Waals surface area contributed by atoms with E-state index in [9.17, 15) is 8.78 Å². The molecule has 1 aliphatic carbocycles. The van der Waals surface area contributed by atoms with Gasteiger partial charge in [0.2, 0.25) is 0 Å². The summed E-state index contributed by atoms with van der Waals surface area (Å²) >= 11 is 0. The molecule has 82 valence electrons. The van der Waals surface area contributed by atoms with E-state index >= 15 is 0 Å². The molecule has 0 aliphatic heterocycles. The number of anilines is 1. The first-order chi connectivity index (χ1) is 7.22. The molecular weight excluding hydrogens is 200 g/mol. The predicted molar refractivity (Wildman–Crippen MR) is 53.7 cm³/mol. The van der Waals surface area contributed by atoms with Crippen molar-refractivity contribution >= 4 is 5.69 Å². The predicted octanol–water partition coefficient (Wildman–Crippen LogP) is 2.54. The normalized spacial score (nSPS) is 15.4. The number of hydrogen-bond donors (Lipinski definition) is 0. The van der Waals surface area contributed by atoms with Crippen molar-refractivity contribution in [2.75, 3.05) is 18.7 Å². The van der Waals surface area contributed by atoms with Crippen LogP contribution in [-0.4, -0.2) is 19.9 Å². The molecule has 1 aliphatic rings. The van der Waals surface area contributed by atoms with Crippen LogP contribution in [0.2, 0.25) is 0 Å². The molecular formula is C11H13F2NO. The Labute approximate surface area is 87.5 Å².